The Hall–Kier alpha value is -11.3. The molecule has 0 aliphatic carbocycles. The normalized spacial score (nSPS) is 9.15. The number of rotatable bonds is 35. The minimum atomic E-state index is -1.04. The van der Waals surface area contributed by atoms with Crippen LogP contribution in [0.25, 0.3) is 0 Å². The number of methoxy groups -OCH3 is 6. The van der Waals surface area contributed by atoms with Crippen LogP contribution in [-0.2, 0) is 66.5 Å². The zero-order valence-corrected chi connectivity index (χ0v) is 72.4. The number of carboxylic acid groups (broad SMARTS) is 3. The van der Waals surface area contributed by atoms with E-state index in [-0.39, 0.29) is 56.7 Å². The zero-order valence-electron chi connectivity index (χ0n) is 72.4. The number of nitrogens with zero attached hydrogens (tertiary/aromatic N) is 4. The molecule has 33 nitrogen and oxygen atoms in total. The number of esters is 4. The lowest BCUT2D eigenvalue weighted by Gasteiger charge is -2.13. The molecule has 0 saturated heterocycles. The Kier molecular flexibility index (Phi) is 85.5. The fraction of sp³-hybridized carbons (Fsp3) is 0.414. The highest BCUT2D eigenvalue weighted by molar-refractivity contribution is 6.09. The van der Waals surface area contributed by atoms with Gasteiger partial charge in [-0.05, 0) is 141 Å². The number of carbonyl (C=O) groups excluding carboxylic acids is 6. The molecule has 0 unspecified atom stereocenters. The van der Waals surface area contributed by atoms with E-state index in [9.17, 15) is 43.2 Å². The Morgan fingerprint density at radius 3 is 0.808 bits per heavy atom. The minimum Gasteiger partial charge on any atom is -0.482 e. The smallest absolute Gasteiger partial charge is 0.343 e. The van der Waals surface area contributed by atoms with Crippen molar-refractivity contribution in [2.24, 2.45) is 0 Å². The predicted molar refractivity (Wildman–Crippen MR) is 463 cm³/mol. The summed E-state index contributed by atoms with van der Waals surface area (Å²) in [6.07, 6.45) is 0. The number of aliphatic hydroxyl groups is 5. The Balaban J connectivity index is -0.000000242. The number of aliphatic hydroxyl groups excluding tert-OH is 5. The average Bonchev–Trinajstić information content (AvgIpc) is 0.854. The third kappa shape index (κ3) is 63.8. The van der Waals surface area contributed by atoms with Crippen molar-refractivity contribution in [2.75, 3.05) is 234 Å². The van der Waals surface area contributed by atoms with Crippen LogP contribution in [0.3, 0.4) is 0 Å². The van der Waals surface area contributed by atoms with E-state index >= 15 is 0 Å². The molecule has 0 aliphatic rings. The predicted octanol–water partition coefficient (Wildman–Crippen LogP) is 9.00. The Bertz CT molecular complexity index is 3560. The summed E-state index contributed by atoms with van der Waals surface area (Å²) in [7, 11) is 25.2. The number of aromatic carboxylic acids is 1. The standard InChI is InChI=1S/C16H14O4.C15H12O4.2C10H13NO2.C9H11NO2.C8H16O5.C7H14O5.C6H15N.5CH4O.CH4/c1-19-15(17)11-20-14-9-7-13(8-10-14)16(18)12-5-3-2-4-6-12;16-14(17)10-19-13-8-6-12(7-9-13)15(18)11-4-2-1-3-5-11;2*1-11(2)9-6-4-8(5-7-9)10(12)13-3;1-10(2)8-5-3-7(4-6-8)9(11)12;1-10-3-4-12-5-6-13-7-8(9)11-2;1-10-2-3-11-4-5-12-6-7(8)9;1-4-7(5-2)6-3;5*1-2;/h2-10H,11H2,1H3;1-9H,10H2,(H,16,17);2*4-7H,1-3H3;3-6H,1-2H3,(H,11,12);3-7H2,1-2H3;2-6H2,1H3,(H,8,9);4-6H2,1-3H3;5*2H,1H3;1H4. The lowest BCUT2D eigenvalue weighted by molar-refractivity contribution is -0.146. The van der Waals surface area contributed by atoms with Crippen LogP contribution >= 0.6 is 0 Å². The molecule has 0 radical (unpaired) electrons. The second-order valence-electron chi connectivity index (χ2n) is 22.5. The van der Waals surface area contributed by atoms with Crippen molar-refractivity contribution in [3.63, 3.8) is 0 Å². The molecule has 33 heteroatoms. The quantitative estimate of drug-likeness (QED) is 0.00794. The Labute approximate surface area is 707 Å². The van der Waals surface area contributed by atoms with Crippen LogP contribution in [0.2, 0.25) is 0 Å². The number of benzene rings is 7. The maximum absolute atomic E-state index is 12.2. The molecular weight excluding hydrogens is 1560 g/mol. The second kappa shape index (κ2) is 84.2. The largest absolute Gasteiger partial charge is 0.482 e. The van der Waals surface area contributed by atoms with Gasteiger partial charge in [-0.2, -0.15) is 0 Å². The fourth-order valence-electron chi connectivity index (χ4n) is 7.96. The van der Waals surface area contributed by atoms with E-state index in [1.807, 2.05) is 106 Å². The van der Waals surface area contributed by atoms with E-state index < -0.39 is 30.5 Å². The molecule has 0 fully saturated rings. The van der Waals surface area contributed by atoms with E-state index in [0.717, 1.165) is 52.6 Å². The van der Waals surface area contributed by atoms with Gasteiger partial charge in [-0.25, -0.2) is 33.6 Å². The molecule has 0 saturated carbocycles. The van der Waals surface area contributed by atoms with Crippen molar-refractivity contribution in [2.45, 2.75) is 28.2 Å². The molecular formula is C87H132N4O29. The number of ketones is 2. The fourth-order valence-corrected chi connectivity index (χ4v) is 7.96. The van der Waals surface area contributed by atoms with Crippen LogP contribution in [0.5, 0.6) is 11.5 Å². The highest BCUT2D eigenvalue weighted by Gasteiger charge is 2.12. The van der Waals surface area contributed by atoms with E-state index in [1.54, 1.807) is 148 Å². The van der Waals surface area contributed by atoms with Crippen LogP contribution in [-0.4, -0.2) is 319 Å². The summed E-state index contributed by atoms with van der Waals surface area (Å²) in [5.41, 5.74) is 6.95. The molecule has 0 amide bonds. The lowest BCUT2D eigenvalue weighted by Crippen LogP contribution is -2.21. The third-order valence-electron chi connectivity index (χ3n) is 14.1. The molecule has 0 bridgehead atoms. The molecule has 0 aromatic heterocycles. The first-order valence-electron chi connectivity index (χ1n) is 36.4. The molecule has 120 heavy (non-hydrogen) atoms. The van der Waals surface area contributed by atoms with Gasteiger partial charge in [0.15, 0.2) is 24.8 Å². The van der Waals surface area contributed by atoms with Gasteiger partial charge >= 0.3 is 41.8 Å². The SMILES string of the molecule is C.CCN(CC)CC.CN(C)c1ccc(C(=O)O)cc1.CO.CO.CO.CO.CO.COC(=O)COc1ccc(C(=O)c2ccccc2)cc1.COC(=O)c1ccc(N(C)C)cc1.COC(=O)c1ccc(N(C)C)cc1.COCCOCCOCC(=O)O.COCCOCCOCC(=O)OC.O=C(O)COc1ccc(C(=O)c2ccccc2)cc1. The first-order chi connectivity index (χ1) is 57.2. The highest BCUT2D eigenvalue weighted by Crippen LogP contribution is 2.19. The van der Waals surface area contributed by atoms with E-state index in [0.29, 0.717) is 103 Å². The van der Waals surface area contributed by atoms with Crippen molar-refractivity contribution in [3.8, 4) is 11.5 Å². The summed E-state index contributed by atoms with van der Waals surface area (Å²) in [6.45, 7) is 13.0. The summed E-state index contributed by atoms with van der Waals surface area (Å²) >= 11 is 0. The second-order valence-corrected chi connectivity index (χ2v) is 22.5. The maximum Gasteiger partial charge on any atom is 0.343 e. The molecule has 674 valence electrons. The van der Waals surface area contributed by atoms with Gasteiger partial charge in [0.05, 0.1) is 98.0 Å². The Morgan fingerprint density at radius 2 is 0.550 bits per heavy atom. The van der Waals surface area contributed by atoms with Crippen molar-refractivity contribution in [1.29, 1.82) is 0 Å². The Morgan fingerprint density at radius 1 is 0.292 bits per heavy atom. The molecule has 7 aromatic carbocycles. The number of carbonyl (C=O) groups is 9. The number of aliphatic carboxylic acids is 2. The lowest BCUT2D eigenvalue weighted by atomic mass is 10.0. The van der Waals surface area contributed by atoms with Gasteiger partial charge in [0.1, 0.15) is 24.7 Å². The summed E-state index contributed by atoms with van der Waals surface area (Å²) in [5, 5.41) is 60.3. The zero-order chi connectivity index (χ0) is 91.7. The van der Waals surface area contributed by atoms with Crippen molar-refractivity contribution < 1.29 is 141 Å². The minimum absolute atomic E-state index is 0. The van der Waals surface area contributed by atoms with Gasteiger partial charge in [0, 0.05) is 131 Å². The molecule has 7 aromatic rings. The van der Waals surface area contributed by atoms with Crippen molar-refractivity contribution in [1.82, 2.24) is 4.90 Å². The molecule has 0 heterocycles. The van der Waals surface area contributed by atoms with Gasteiger partial charge in [-0.1, -0.05) is 88.9 Å². The number of anilines is 3. The first kappa shape index (κ1) is 122. The summed E-state index contributed by atoms with van der Waals surface area (Å²) in [5.74, 6) is -3.51. The van der Waals surface area contributed by atoms with Gasteiger partial charge in [-0.15, -0.1) is 0 Å². The molecule has 0 aliphatic heterocycles. The van der Waals surface area contributed by atoms with Crippen LogP contribution in [0.1, 0.15) is 91.1 Å². The maximum atomic E-state index is 12.2. The molecule has 8 N–H and O–H groups in total. The number of carboxylic acids is 3. The summed E-state index contributed by atoms with van der Waals surface area (Å²) in [4.78, 5) is 107. The summed E-state index contributed by atoms with van der Waals surface area (Å²) < 4.78 is 57.4. The van der Waals surface area contributed by atoms with Crippen molar-refractivity contribution in [3.05, 3.63) is 221 Å². The van der Waals surface area contributed by atoms with Gasteiger partial charge in [0.25, 0.3) is 0 Å². The number of ether oxygens (including phenoxy) is 12. The summed E-state index contributed by atoms with van der Waals surface area (Å²) in [6, 6.07) is 52.3. The average molecular weight is 1700 g/mol. The van der Waals surface area contributed by atoms with Crippen molar-refractivity contribution >= 4 is 70.4 Å². The van der Waals surface area contributed by atoms with Crippen LogP contribution in [0, 0.1) is 0 Å². The van der Waals surface area contributed by atoms with Crippen LogP contribution < -0.4 is 24.2 Å². The van der Waals surface area contributed by atoms with Gasteiger partial charge in [-0.3, -0.25) is 9.59 Å². The van der Waals surface area contributed by atoms with E-state index in [2.05, 4.69) is 44.6 Å². The number of hydrogen-bond acceptors (Lipinski definition) is 30. The number of hydrogen-bond donors (Lipinski definition) is 8. The molecule has 7 rings (SSSR count). The monoisotopic (exact) mass is 1700 g/mol. The van der Waals surface area contributed by atoms with Crippen LogP contribution in [0.15, 0.2) is 182 Å². The van der Waals surface area contributed by atoms with E-state index in [4.69, 9.17) is 78.7 Å². The highest BCUT2D eigenvalue weighted by atomic mass is 16.6. The molecule has 0 spiro atoms. The molecule has 0 atom stereocenters. The topological polar surface area (TPSA) is 439 Å². The third-order valence-corrected chi connectivity index (χ3v) is 14.1. The van der Waals surface area contributed by atoms with Crippen LogP contribution in [0.4, 0.5) is 17.1 Å². The van der Waals surface area contributed by atoms with Gasteiger partial charge < -0.3 is 117 Å². The van der Waals surface area contributed by atoms with E-state index in [1.165, 1.54) is 48.1 Å². The van der Waals surface area contributed by atoms with Gasteiger partial charge in [0.2, 0.25) is 0 Å². The first-order valence-corrected chi connectivity index (χ1v) is 36.4.